The highest BCUT2D eigenvalue weighted by Gasteiger charge is 2.48. The molecule has 28 heavy (non-hydrogen) atoms. The van der Waals surface area contributed by atoms with Crippen LogP contribution in [0.4, 0.5) is 10.7 Å². The Morgan fingerprint density at radius 2 is 1.96 bits per heavy atom. The van der Waals surface area contributed by atoms with Crippen molar-refractivity contribution in [1.29, 1.82) is 0 Å². The average molecular weight is 390 g/mol. The van der Waals surface area contributed by atoms with Crippen LogP contribution >= 0.6 is 0 Å². The number of ether oxygens (including phenoxy) is 1. The summed E-state index contributed by atoms with van der Waals surface area (Å²) in [6.07, 6.45) is 3.03. The van der Waals surface area contributed by atoms with E-state index in [1.807, 2.05) is 18.7 Å². The summed E-state index contributed by atoms with van der Waals surface area (Å²) in [5.41, 5.74) is 6.39. The summed E-state index contributed by atoms with van der Waals surface area (Å²) >= 11 is 0. The normalized spacial score (nSPS) is 20.0. The number of nitrogens with zero attached hydrogens (tertiary/aromatic N) is 4. The van der Waals surface area contributed by atoms with Gasteiger partial charge in [-0.2, -0.15) is 0 Å². The second kappa shape index (κ2) is 7.93. The van der Waals surface area contributed by atoms with Crippen molar-refractivity contribution in [2.24, 2.45) is 0 Å². The van der Waals surface area contributed by atoms with Gasteiger partial charge in [-0.1, -0.05) is 27.2 Å². The predicted octanol–water partition coefficient (Wildman–Crippen LogP) is 2.80. The van der Waals surface area contributed by atoms with Crippen LogP contribution < -0.4 is 5.73 Å². The van der Waals surface area contributed by atoms with Crippen LogP contribution in [-0.2, 0) is 4.74 Å². The van der Waals surface area contributed by atoms with Gasteiger partial charge in [0.05, 0.1) is 6.54 Å². The van der Waals surface area contributed by atoms with Crippen molar-refractivity contribution in [3.63, 3.8) is 0 Å². The minimum absolute atomic E-state index is 0.119. The number of hydrogen-bond donors (Lipinski definition) is 1. The maximum absolute atomic E-state index is 12.9. The highest BCUT2D eigenvalue weighted by atomic mass is 16.6. The molecule has 1 spiro atoms. The summed E-state index contributed by atoms with van der Waals surface area (Å²) in [6, 6.07) is 1.90. The van der Waals surface area contributed by atoms with Crippen molar-refractivity contribution < 1.29 is 14.3 Å². The summed E-state index contributed by atoms with van der Waals surface area (Å²) in [6.45, 7) is 9.84. The van der Waals surface area contributed by atoms with Gasteiger partial charge in [-0.25, -0.2) is 14.8 Å². The number of likely N-dealkylation sites (tertiary alicyclic amines) is 1. The number of rotatable bonds is 5. The van der Waals surface area contributed by atoms with E-state index in [0.29, 0.717) is 38.2 Å². The van der Waals surface area contributed by atoms with Crippen molar-refractivity contribution in [3.8, 4) is 0 Å². The Balaban J connectivity index is 1.66. The number of piperidine rings is 1. The number of carbonyl (C=O) groups is 2. The monoisotopic (exact) mass is 389 g/mol. The summed E-state index contributed by atoms with van der Waals surface area (Å²) in [4.78, 5) is 37.2. The van der Waals surface area contributed by atoms with E-state index in [-0.39, 0.29) is 29.9 Å². The molecular weight excluding hydrogens is 358 g/mol. The van der Waals surface area contributed by atoms with Crippen LogP contribution in [0.1, 0.15) is 75.5 Å². The quantitative estimate of drug-likeness (QED) is 0.831. The second-order valence-corrected chi connectivity index (χ2v) is 8.30. The lowest BCUT2D eigenvalue weighted by molar-refractivity contribution is 0.00289. The molecule has 2 aliphatic heterocycles. The molecule has 8 heteroatoms. The largest absolute Gasteiger partial charge is 0.441 e. The molecule has 1 aromatic heterocycles. The molecule has 2 N–H and O–H groups in total. The first kappa shape index (κ1) is 20.4. The Bertz CT molecular complexity index is 743. The molecule has 0 bridgehead atoms. The summed E-state index contributed by atoms with van der Waals surface area (Å²) in [7, 11) is 0. The fraction of sp³-hybridized carbons (Fsp3) is 0.700. The van der Waals surface area contributed by atoms with Crippen LogP contribution in [0.5, 0.6) is 0 Å². The lowest BCUT2D eigenvalue weighted by atomic mass is 9.90. The van der Waals surface area contributed by atoms with E-state index in [1.54, 1.807) is 11.0 Å². The molecule has 0 aliphatic carbocycles. The number of aromatic nitrogens is 2. The van der Waals surface area contributed by atoms with E-state index in [9.17, 15) is 9.59 Å². The van der Waals surface area contributed by atoms with Crippen LogP contribution in [0.3, 0.4) is 0 Å². The van der Waals surface area contributed by atoms with Crippen molar-refractivity contribution >= 4 is 17.9 Å². The molecule has 3 rings (SSSR count). The molecular formula is C20H31N5O3. The van der Waals surface area contributed by atoms with Crippen molar-refractivity contribution in [1.82, 2.24) is 19.8 Å². The van der Waals surface area contributed by atoms with E-state index < -0.39 is 5.60 Å². The Kier molecular flexibility index (Phi) is 5.76. The zero-order valence-corrected chi connectivity index (χ0v) is 17.3. The zero-order valence-electron chi connectivity index (χ0n) is 17.3. The number of carbonyl (C=O) groups excluding carboxylic acids is 2. The minimum atomic E-state index is -0.482. The number of amides is 2. The summed E-state index contributed by atoms with van der Waals surface area (Å²) < 4.78 is 5.78. The molecule has 1 atom stereocenters. The Labute approximate surface area is 166 Å². The molecule has 2 amide bonds. The molecule has 0 radical (unpaired) electrons. The third-order valence-electron chi connectivity index (χ3n) is 5.77. The van der Waals surface area contributed by atoms with Crippen molar-refractivity contribution in [3.05, 3.63) is 17.5 Å². The van der Waals surface area contributed by atoms with Gasteiger partial charge in [-0.15, -0.1) is 0 Å². The molecule has 3 heterocycles. The van der Waals surface area contributed by atoms with E-state index in [2.05, 4.69) is 23.8 Å². The molecule has 2 aliphatic rings. The first-order chi connectivity index (χ1) is 13.2. The fourth-order valence-corrected chi connectivity index (χ4v) is 3.99. The van der Waals surface area contributed by atoms with Crippen molar-refractivity contribution in [2.45, 2.75) is 70.9 Å². The molecule has 2 saturated heterocycles. The Morgan fingerprint density at radius 1 is 1.29 bits per heavy atom. The van der Waals surface area contributed by atoms with Gasteiger partial charge in [-0.05, 0) is 25.3 Å². The molecule has 2 fully saturated rings. The van der Waals surface area contributed by atoms with E-state index >= 15 is 0 Å². The van der Waals surface area contributed by atoms with Crippen LogP contribution in [0, 0.1) is 0 Å². The smallest absolute Gasteiger partial charge is 0.410 e. The Morgan fingerprint density at radius 3 is 2.57 bits per heavy atom. The van der Waals surface area contributed by atoms with Crippen LogP contribution in [0.2, 0.25) is 0 Å². The van der Waals surface area contributed by atoms with Gasteiger partial charge in [0.1, 0.15) is 11.3 Å². The van der Waals surface area contributed by atoms with Crippen LogP contribution in [0.25, 0.3) is 0 Å². The van der Waals surface area contributed by atoms with Gasteiger partial charge in [0.25, 0.3) is 5.91 Å². The first-order valence-corrected chi connectivity index (χ1v) is 10.2. The number of hydrogen-bond acceptors (Lipinski definition) is 6. The van der Waals surface area contributed by atoms with E-state index in [0.717, 1.165) is 18.5 Å². The van der Waals surface area contributed by atoms with E-state index in [1.165, 1.54) is 0 Å². The topological polar surface area (TPSA) is 102 Å². The summed E-state index contributed by atoms with van der Waals surface area (Å²) in [5.74, 6) is 0.134. The third kappa shape index (κ3) is 4.05. The van der Waals surface area contributed by atoms with Gasteiger partial charge in [0.2, 0.25) is 5.95 Å². The van der Waals surface area contributed by atoms with Gasteiger partial charge in [0.15, 0.2) is 0 Å². The first-order valence-electron chi connectivity index (χ1n) is 10.2. The SMILES string of the molecule is CCC[C@@H](C)N1CC2(CCN(C(=O)c3cc(C(C)C)nc(N)n3)CC2)OC1=O. The molecule has 0 aromatic carbocycles. The molecule has 1 aromatic rings. The highest BCUT2D eigenvalue weighted by molar-refractivity contribution is 5.92. The second-order valence-electron chi connectivity index (χ2n) is 8.30. The van der Waals surface area contributed by atoms with Crippen molar-refractivity contribution in [2.75, 3.05) is 25.4 Å². The lowest BCUT2D eigenvalue weighted by Crippen LogP contribution is -2.49. The van der Waals surface area contributed by atoms with Gasteiger partial charge in [-0.3, -0.25) is 4.79 Å². The molecule has 0 unspecified atom stereocenters. The molecule has 0 saturated carbocycles. The third-order valence-corrected chi connectivity index (χ3v) is 5.77. The average Bonchev–Trinajstić information content (AvgIpc) is 2.97. The van der Waals surface area contributed by atoms with Crippen LogP contribution in [0.15, 0.2) is 6.07 Å². The molecule has 8 nitrogen and oxygen atoms in total. The van der Waals surface area contributed by atoms with Gasteiger partial charge >= 0.3 is 6.09 Å². The number of nitrogen functional groups attached to an aromatic ring is 1. The highest BCUT2D eigenvalue weighted by Crippen LogP contribution is 2.35. The minimum Gasteiger partial charge on any atom is -0.441 e. The molecule has 154 valence electrons. The van der Waals surface area contributed by atoms with Crippen LogP contribution in [-0.4, -0.2) is 63.0 Å². The number of anilines is 1. The fourth-order valence-electron chi connectivity index (χ4n) is 3.99. The maximum atomic E-state index is 12.9. The van der Waals surface area contributed by atoms with Gasteiger partial charge in [0, 0.05) is 37.7 Å². The predicted molar refractivity (Wildman–Crippen MR) is 106 cm³/mol. The maximum Gasteiger partial charge on any atom is 0.410 e. The lowest BCUT2D eigenvalue weighted by Gasteiger charge is -2.37. The number of nitrogens with two attached hydrogens (primary N) is 1. The van der Waals surface area contributed by atoms with E-state index in [4.69, 9.17) is 10.5 Å². The summed E-state index contributed by atoms with van der Waals surface area (Å²) in [5, 5.41) is 0. The standard InChI is InChI=1S/C20H31N5O3/c1-5-6-14(4)25-12-20(28-19(25)27)7-9-24(10-8-20)17(26)16-11-15(13(2)3)22-18(21)23-16/h11,13-14H,5-10,12H2,1-4H3,(H2,21,22,23)/t14-/m1/s1. The van der Waals surface area contributed by atoms with Gasteiger partial charge < -0.3 is 20.3 Å². The zero-order chi connectivity index (χ0) is 20.5. The Hall–Kier alpha value is -2.38.